The molecule has 2 rings (SSSR count). The molecule has 1 aromatic carbocycles. The molecular formula is C12H9F2N3O3. The summed E-state index contributed by atoms with van der Waals surface area (Å²) in [6, 6.07) is 8.31. The summed E-state index contributed by atoms with van der Waals surface area (Å²) >= 11 is 0. The standard InChI is InChI=1S/C12H9F2N3O3/c13-12(14)20-9-5-3-8(4-6-9)16-11-10(17(18)19)2-1-7-15-11/h1-7,12H,(H,15,16). The molecule has 1 N–H and O–H groups in total. The van der Waals surface area contributed by atoms with Crippen molar-refractivity contribution in [3.05, 3.63) is 52.7 Å². The van der Waals surface area contributed by atoms with Crippen molar-refractivity contribution in [2.45, 2.75) is 6.61 Å². The SMILES string of the molecule is O=[N+]([O-])c1cccnc1Nc1ccc(OC(F)F)cc1. The Morgan fingerprint density at radius 1 is 1.25 bits per heavy atom. The van der Waals surface area contributed by atoms with Crippen molar-refractivity contribution in [1.82, 2.24) is 4.98 Å². The number of hydrogen-bond donors (Lipinski definition) is 1. The summed E-state index contributed by atoms with van der Waals surface area (Å²) in [7, 11) is 0. The Hall–Kier alpha value is -2.77. The van der Waals surface area contributed by atoms with Crippen molar-refractivity contribution in [3.63, 3.8) is 0 Å². The molecule has 0 unspecified atom stereocenters. The Morgan fingerprint density at radius 3 is 2.55 bits per heavy atom. The zero-order valence-electron chi connectivity index (χ0n) is 9.99. The Morgan fingerprint density at radius 2 is 1.95 bits per heavy atom. The van der Waals surface area contributed by atoms with E-state index in [4.69, 9.17) is 0 Å². The second-order valence-corrected chi connectivity index (χ2v) is 3.66. The van der Waals surface area contributed by atoms with Gasteiger partial charge in [-0.05, 0) is 30.3 Å². The minimum absolute atomic E-state index is 0.000991. The number of nitrogens with zero attached hydrogens (tertiary/aromatic N) is 2. The van der Waals surface area contributed by atoms with Gasteiger partial charge in [0.25, 0.3) is 0 Å². The molecule has 8 heteroatoms. The fraction of sp³-hybridized carbons (Fsp3) is 0.0833. The molecule has 0 spiro atoms. The van der Waals surface area contributed by atoms with Crippen LogP contribution >= 0.6 is 0 Å². The van der Waals surface area contributed by atoms with Gasteiger partial charge in [-0.25, -0.2) is 4.98 Å². The monoisotopic (exact) mass is 281 g/mol. The van der Waals surface area contributed by atoms with E-state index >= 15 is 0 Å². The van der Waals surface area contributed by atoms with Gasteiger partial charge >= 0.3 is 12.3 Å². The fourth-order valence-electron chi connectivity index (χ4n) is 1.50. The summed E-state index contributed by atoms with van der Waals surface area (Å²) in [5, 5.41) is 13.5. The zero-order chi connectivity index (χ0) is 14.5. The van der Waals surface area contributed by atoms with E-state index in [1.165, 1.54) is 42.6 Å². The number of nitro groups is 1. The lowest BCUT2D eigenvalue weighted by molar-refractivity contribution is -0.384. The Balaban J connectivity index is 2.16. The quantitative estimate of drug-likeness (QED) is 0.671. The number of alkyl halides is 2. The maximum Gasteiger partial charge on any atom is 0.387 e. The minimum atomic E-state index is -2.90. The molecule has 0 aliphatic carbocycles. The molecule has 0 saturated carbocycles. The number of benzene rings is 1. The van der Waals surface area contributed by atoms with E-state index in [0.29, 0.717) is 5.69 Å². The predicted molar refractivity (Wildman–Crippen MR) is 67.2 cm³/mol. The zero-order valence-corrected chi connectivity index (χ0v) is 9.99. The van der Waals surface area contributed by atoms with Crippen LogP contribution in [0.3, 0.4) is 0 Å². The van der Waals surface area contributed by atoms with E-state index in [-0.39, 0.29) is 17.3 Å². The molecule has 0 fully saturated rings. The number of anilines is 2. The molecule has 2 aromatic rings. The topological polar surface area (TPSA) is 77.3 Å². The molecule has 0 amide bonds. The van der Waals surface area contributed by atoms with Crippen LogP contribution in [0.1, 0.15) is 0 Å². The molecule has 0 aliphatic rings. The molecule has 0 atom stereocenters. The van der Waals surface area contributed by atoms with Crippen LogP contribution in [0.5, 0.6) is 5.75 Å². The number of aromatic nitrogens is 1. The number of pyridine rings is 1. The van der Waals surface area contributed by atoms with Gasteiger partial charge in [-0.2, -0.15) is 8.78 Å². The van der Waals surface area contributed by atoms with Crippen LogP contribution in [0.15, 0.2) is 42.6 Å². The number of halogens is 2. The van der Waals surface area contributed by atoms with Crippen molar-refractivity contribution in [2.24, 2.45) is 0 Å². The minimum Gasteiger partial charge on any atom is -0.435 e. The summed E-state index contributed by atoms with van der Waals surface area (Å²) in [5.41, 5.74) is 0.286. The van der Waals surface area contributed by atoms with Crippen LogP contribution in [-0.4, -0.2) is 16.5 Å². The molecule has 0 radical (unpaired) electrons. The van der Waals surface area contributed by atoms with Gasteiger partial charge in [-0.15, -0.1) is 0 Å². The summed E-state index contributed by atoms with van der Waals surface area (Å²) < 4.78 is 28.2. The first kappa shape index (κ1) is 13.7. The van der Waals surface area contributed by atoms with Gasteiger partial charge in [0, 0.05) is 18.0 Å². The van der Waals surface area contributed by atoms with E-state index < -0.39 is 11.5 Å². The van der Waals surface area contributed by atoms with Crippen molar-refractivity contribution in [2.75, 3.05) is 5.32 Å². The van der Waals surface area contributed by atoms with E-state index in [2.05, 4.69) is 15.0 Å². The van der Waals surface area contributed by atoms with Crippen molar-refractivity contribution in [1.29, 1.82) is 0 Å². The van der Waals surface area contributed by atoms with Crippen LogP contribution in [0.4, 0.5) is 26.0 Å². The maximum atomic E-state index is 12.0. The number of nitrogens with one attached hydrogen (secondary N) is 1. The first-order valence-corrected chi connectivity index (χ1v) is 5.47. The highest BCUT2D eigenvalue weighted by molar-refractivity contribution is 5.65. The van der Waals surface area contributed by atoms with Crippen LogP contribution in [0.2, 0.25) is 0 Å². The molecule has 0 aliphatic heterocycles. The molecule has 20 heavy (non-hydrogen) atoms. The largest absolute Gasteiger partial charge is 0.435 e. The molecule has 1 aromatic heterocycles. The molecule has 6 nitrogen and oxygen atoms in total. The average molecular weight is 281 g/mol. The Kier molecular flexibility index (Phi) is 4.04. The van der Waals surface area contributed by atoms with Crippen LogP contribution in [0, 0.1) is 10.1 Å². The van der Waals surface area contributed by atoms with Gasteiger partial charge in [-0.3, -0.25) is 10.1 Å². The van der Waals surface area contributed by atoms with Gasteiger partial charge in [-0.1, -0.05) is 0 Å². The lowest BCUT2D eigenvalue weighted by atomic mass is 10.3. The van der Waals surface area contributed by atoms with Crippen LogP contribution in [0.25, 0.3) is 0 Å². The highest BCUT2D eigenvalue weighted by atomic mass is 19.3. The molecule has 0 bridgehead atoms. The van der Waals surface area contributed by atoms with E-state index in [1.54, 1.807) is 0 Å². The normalized spacial score (nSPS) is 10.3. The van der Waals surface area contributed by atoms with Crippen LogP contribution in [-0.2, 0) is 0 Å². The van der Waals surface area contributed by atoms with Gasteiger partial charge in [0.05, 0.1) is 4.92 Å². The first-order chi connectivity index (χ1) is 9.56. The molecular weight excluding hydrogens is 272 g/mol. The highest BCUT2D eigenvalue weighted by Crippen LogP contribution is 2.25. The van der Waals surface area contributed by atoms with E-state index in [9.17, 15) is 18.9 Å². The third-order valence-corrected chi connectivity index (χ3v) is 2.33. The summed E-state index contributed by atoms with van der Waals surface area (Å²) in [6.07, 6.45) is 1.41. The molecule has 1 heterocycles. The number of hydrogen-bond acceptors (Lipinski definition) is 5. The lowest BCUT2D eigenvalue weighted by Gasteiger charge is -2.07. The summed E-state index contributed by atoms with van der Waals surface area (Å²) in [6.45, 7) is -2.90. The third-order valence-electron chi connectivity index (χ3n) is 2.33. The second kappa shape index (κ2) is 5.91. The second-order valence-electron chi connectivity index (χ2n) is 3.66. The molecule has 0 saturated heterocycles. The van der Waals surface area contributed by atoms with E-state index in [0.717, 1.165) is 0 Å². The summed E-state index contributed by atoms with van der Waals surface area (Å²) in [5.74, 6) is 0.0705. The number of rotatable bonds is 5. The van der Waals surface area contributed by atoms with Gasteiger partial charge in [0.15, 0.2) is 0 Å². The van der Waals surface area contributed by atoms with Crippen LogP contribution < -0.4 is 10.1 Å². The van der Waals surface area contributed by atoms with Gasteiger partial charge < -0.3 is 10.1 Å². The summed E-state index contributed by atoms with van der Waals surface area (Å²) in [4.78, 5) is 14.1. The van der Waals surface area contributed by atoms with Crippen molar-refractivity contribution in [3.8, 4) is 5.75 Å². The average Bonchev–Trinajstić information content (AvgIpc) is 2.41. The number of ether oxygens (including phenoxy) is 1. The first-order valence-electron chi connectivity index (χ1n) is 5.47. The predicted octanol–water partition coefficient (Wildman–Crippen LogP) is 3.33. The van der Waals surface area contributed by atoms with Crippen molar-refractivity contribution < 1.29 is 18.4 Å². The molecule has 104 valence electrons. The Labute approximate surface area is 112 Å². The van der Waals surface area contributed by atoms with Gasteiger partial charge in [0.1, 0.15) is 5.75 Å². The smallest absolute Gasteiger partial charge is 0.387 e. The fourth-order valence-corrected chi connectivity index (χ4v) is 1.50. The van der Waals surface area contributed by atoms with E-state index in [1.807, 2.05) is 0 Å². The third kappa shape index (κ3) is 3.37. The maximum absolute atomic E-state index is 12.0. The Bertz CT molecular complexity index is 605. The van der Waals surface area contributed by atoms with Gasteiger partial charge in [0.2, 0.25) is 5.82 Å². The highest BCUT2D eigenvalue weighted by Gasteiger charge is 2.14. The van der Waals surface area contributed by atoms with Crippen molar-refractivity contribution >= 4 is 17.2 Å². The lowest BCUT2D eigenvalue weighted by Crippen LogP contribution is -2.02.